The number of para-hydroxylation sites is 1. The van der Waals surface area contributed by atoms with Gasteiger partial charge in [-0.25, -0.2) is 4.98 Å². The monoisotopic (exact) mass is 694 g/mol. The number of pyridine rings is 1. The Balaban J connectivity index is 1.14. The molecule has 0 saturated carbocycles. The van der Waals surface area contributed by atoms with Crippen molar-refractivity contribution in [2.24, 2.45) is 0 Å². The summed E-state index contributed by atoms with van der Waals surface area (Å²) in [5.74, 6) is 0.953. The quantitative estimate of drug-likeness (QED) is 0.173. The molecule has 0 bridgehead atoms. The van der Waals surface area contributed by atoms with Crippen LogP contribution < -0.4 is 9.80 Å². The highest BCUT2D eigenvalue weighted by atomic mass is 15.3. The van der Waals surface area contributed by atoms with Crippen LogP contribution in [0.4, 0.5) is 11.4 Å². The zero-order valence-corrected chi connectivity index (χ0v) is 32.4. The number of nitrogens with zero attached hydrogens (tertiary/aromatic N) is 4. The van der Waals surface area contributed by atoms with Crippen molar-refractivity contribution in [2.75, 3.05) is 16.5 Å². The first-order valence-electron chi connectivity index (χ1n) is 18.8. The van der Waals surface area contributed by atoms with E-state index < -0.39 is 0 Å². The fourth-order valence-electron chi connectivity index (χ4n) is 7.70. The summed E-state index contributed by atoms with van der Waals surface area (Å²) in [7, 11) is 0. The Hall–Kier alpha value is -5.61. The van der Waals surface area contributed by atoms with Gasteiger partial charge in [0.05, 0.1) is 23.4 Å². The zero-order valence-electron chi connectivity index (χ0n) is 32.4. The third-order valence-corrected chi connectivity index (χ3v) is 11.1. The maximum absolute atomic E-state index is 4.91. The lowest BCUT2D eigenvalue weighted by atomic mass is 9.77. The molecule has 0 spiro atoms. The normalized spacial score (nSPS) is 13.8. The zero-order chi connectivity index (χ0) is 37.1. The molecular weight excluding hydrogens is 645 g/mol. The SMILES string of the molecule is CC(C)(C)c1ccnc(-n2c3ccccc3c3ccc(C(C)(C)c4cccc(N5C=CN(c6ccc(C(C)(C)C)cc6-c6ccccc6)C5)c4)cc32)c1. The average molecular weight is 695 g/mol. The smallest absolute Gasteiger partial charge is 0.137 e. The van der Waals surface area contributed by atoms with Gasteiger partial charge in [0.2, 0.25) is 0 Å². The Bertz CT molecular complexity index is 2490. The van der Waals surface area contributed by atoms with Gasteiger partial charge in [-0.1, -0.05) is 134 Å². The molecule has 0 fully saturated rings. The van der Waals surface area contributed by atoms with Crippen LogP contribution in [0, 0.1) is 0 Å². The van der Waals surface area contributed by atoms with Crippen LogP contribution in [-0.2, 0) is 16.2 Å². The minimum Gasteiger partial charge on any atom is -0.328 e. The van der Waals surface area contributed by atoms with Crippen LogP contribution in [0.2, 0.25) is 0 Å². The highest BCUT2D eigenvalue weighted by molar-refractivity contribution is 6.09. The van der Waals surface area contributed by atoms with Crippen LogP contribution in [0.15, 0.2) is 146 Å². The predicted molar refractivity (Wildman–Crippen MR) is 225 cm³/mol. The Morgan fingerprint density at radius 1 is 0.509 bits per heavy atom. The van der Waals surface area contributed by atoms with Gasteiger partial charge in [0, 0.05) is 46.0 Å². The van der Waals surface area contributed by atoms with Crippen molar-refractivity contribution in [2.45, 2.75) is 71.6 Å². The van der Waals surface area contributed by atoms with Crippen LogP contribution >= 0.6 is 0 Å². The number of anilines is 2. The molecule has 0 aliphatic carbocycles. The highest BCUT2D eigenvalue weighted by Crippen LogP contribution is 2.41. The van der Waals surface area contributed by atoms with Crippen LogP contribution in [0.25, 0.3) is 38.8 Å². The van der Waals surface area contributed by atoms with Gasteiger partial charge in [0.15, 0.2) is 0 Å². The molecule has 5 aromatic carbocycles. The van der Waals surface area contributed by atoms with Crippen molar-refractivity contribution in [3.05, 3.63) is 168 Å². The first-order chi connectivity index (χ1) is 25.3. The van der Waals surface area contributed by atoms with Crippen molar-refractivity contribution >= 4 is 33.2 Å². The molecule has 4 heteroatoms. The van der Waals surface area contributed by atoms with Gasteiger partial charge in [0.25, 0.3) is 0 Å². The first kappa shape index (κ1) is 34.5. The summed E-state index contributed by atoms with van der Waals surface area (Å²) in [5, 5.41) is 2.48. The lowest BCUT2D eigenvalue weighted by Crippen LogP contribution is -2.26. The number of fused-ring (bicyclic) bond motifs is 3. The van der Waals surface area contributed by atoms with Gasteiger partial charge in [-0.3, -0.25) is 4.57 Å². The lowest BCUT2D eigenvalue weighted by Gasteiger charge is -2.29. The van der Waals surface area contributed by atoms with E-state index in [1.54, 1.807) is 0 Å². The summed E-state index contributed by atoms with van der Waals surface area (Å²) in [6.07, 6.45) is 6.38. The molecule has 0 atom stereocenters. The summed E-state index contributed by atoms with van der Waals surface area (Å²) in [4.78, 5) is 9.63. The summed E-state index contributed by atoms with van der Waals surface area (Å²) in [6.45, 7) is 19.0. The molecule has 3 heterocycles. The van der Waals surface area contributed by atoms with E-state index in [0.717, 1.165) is 12.5 Å². The molecule has 2 aromatic heterocycles. The molecule has 0 N–H and O–H groups in total. The Kier molecular flexibility index (Phi) is 8.33. The fraction of sp³-hybridized carbons (Fsp3) is 0.245. The average Bonchev–Trinajstić information content (AvgIpc) is 3.78. The van der Waals surface area contributed by atoms with Gasteiger partial charge >= 0.3 is 0 Å². The van der Waals surface area contributed by atoms with Crippen molar-refractivity contribution in [1.29, 1.82) is 0 Å². The third-order valence-electron chi connectivity index (χ3n) is 11.1. The summed E-state index contributed by atoms with van der Waals surface area (Å²) >= 11 is 0. The molecule has 0 amide bonds. The molecule has 1 aliphatic rings. The highest BCUT2D eigenvalue weighted by Gasteiger charge is 2.27. The fourth-order valence-corrected chi connectivity index (χ4v) is 7.70. The molecule has 0 unspecified atom stereocenters. The van der Waals surface area contributed by atoms with Crippen LogP contribution in [0.3, 0.4) is 0 Å². The first-order valence-corrected chi connectivity index (χ1v) is 18.8. The van der Waals surface area contributed by atoms with Crippen LogP contribution in [-0.4, -0.2) is 16.2 Å². The van der Waals surface area contributed by atoms with Gasteiger partial charge in [-0.15, -0.1) is 0 Å². The van der Waals surface area contributed by atoms with E-state index in [9.17, 15) is 0 Å². The molecule has 7 aromatic rings. The Morgan fingerprint density at radius 3 is 1.94 bits per heavy atom. The summed E-state index contributed by atoms with van der Waals surface area (Å²) < 4.78 is 2.34. The molecule has 1 aliphatic heterocycles. The van der Waals surface area contributed by atoms with E-state index in [1.165, 1.54) is 66.6 Å². The third kappa shape index (κ3) is 6.31. The van der Waals surface area contributed by atoms with Gasteiger partial charge < -0.3 is 9.80 Å². The van der Waals surface area contributed by atoms with Crippen molar-refractivity contribution in [1.82, 2.24) is 9.55 Å². The van der Waals surface area contributed by atoms with E-state index in [0.29, 0.717) is 0 Å². The van der Waals surface area contributed by atoms with E-state index in [4.69, 9.17) is 4.98 Å². The molecule has 0 saturated heterocycles. The maximum Gasteiger partial charge on any atom is 0.137 e. The molecule has 53 heavy (non-hydrogen) atoms. The summed E-state index contributed by atoms with van der Waals surface area (Å²) in [6, 6.07) is 46.9. The summed E-state index contributed by atoms with van der Waals surface area (Å²) in [5.41, 5.74) is 12.2. The second kappa shape index (κ2) is 12.8. The van der Waals surface area contributed by atoms with Crippen molar-refractivity contribution in [3.8, 4) is 16.9 Å². The van der Waals surface area contributed by atoms with E-state index in [-0.39, 0.29) is 16.2 Å². The molecule has 4 nitrogen and oxygen atoms in total. The van der Waals surface area contributed by atoms with Crippen LogP contribution in [0.1, 0.15) is 77.6 Å². The molecule has 266 valence electrons. The van der Waals surface area contributed by atoms with E-state index in [1.807, 2.05) is 6.20 Å². The van der Waals surface area contributed by atoms with E-state index >= 15 is 0 Å². The molecule has 8 rings (SSSR count). The predicted octanol–water partition coefficient (Wildman–Crippen LogP) is 12.5. The number of hydrogen-bond donors (Lipinski definition) is 0. The van der Waals surface area contributed by atoms with Crippen molar-refractivity contribution in [3.63, 3.8) is 0 Å². The van der Waals surface area contributed by atoms with Gasteiger partial charge in [0.1, 0.15) is 5.82 Å². The standard InChI is InChI=1S/C49H50N4/c1-47(2,3)35-22-24-43(42(30-35)34-15-10-9-11-16-34)52-28-27-51(33-52)39-18-14-17-37(29-39)49(7,8)38-21-23-41-40-19-12-13-20-44(40)53(45(41)31-38)46-32-36(25-26-50-46)48(4,5)6/h9-32H,33H2,1-8H3. The number of hydrogen-bond acceptors (Lipinski definition) is 3. The molecular formula is C49H50N4. The lowest BCUT2D eigenvalue weighted by molar-refractivity contribution is 0.588. The van der Waals surface area contributed by atoms with Crippen LogP contribution in [0.5, 0.6) is 0 Å². The number of benzene rings is 5. The number of aromatic nitrogens is 2. The minimum atomic E-state index is -0.251. The number of rotatable bonds is 6. The molecule has 0 radical (unpaired) electrons. The second-order valence-electron chi connectivity index (χ2n) is 17.1. The largest absolute Gasteiger partial charge is 0.328 e. The van der Waals surface area contributed by atoms with Gasteiger partial charge in [-0.05, 0) is 87.2 Å². The Labute approximate surface area is 315 Å². The minimum absolute atomic E-state index is 0.0250. The maximum atomic E-state index is 4.91. The van der Waals surface area contributed by atoms with Gasteiger partial charge in [-0.2, -0.15) is 0 Å². The second-order valence-corrected chi connectivity index (χ2v) is 17.1. The Morgan fingerprint density at radius 2 is 1.17 bits per heavy atom. The van der Waals surface area contributed by atoms with Crippen molar-refractivity contribution < 1.29 is 0 Å². The topological polar surface area (TPSA) is 24.3 Å². The van der Waals surface area contributed by atoms with E-state index in [2.05, 4.69) is 210 Å².